The molecule has 1 aliphatic heterocycles. The van der Waals surface area contributed by atoms with Gasteiger partial charge in [-0.2, -0.15) is 0 Å². The van der Waals surface area contributed by atoms with Gasteiger partial charge < -0.3 is 15.4 Å². The van der Waals surface area contributed by atoms with Gasteiger partial charge in [0.25, 0.3) is 11.8 Å². The first-order valence-corrected chi connectivity index (χ1v) is 14.9. The first kappa shape index (κ1) is 30.6. The summed E-state index contributed by atoms with van der Waals surface area (Å²) in [5.41, 5.74) is 3.03. The van der Waals surface area contributed by atoms with Crippen LogP contribution in [0.15, 0.2) is 108 Å². The number of imide groups is 1. The Bertz CT molecular complexity index is 1780. The molecule has 1 fully saturated rings. The van der Waals surface area contributed by atoms with Crippen LogP contribution < -0.4 is 20.3 Å². The predicted octanol–water partition coefficient (Wildman–Crippen LogP) is 6.49. The second-order valence-corrected chi connectivity index (χ2v) is 11.6. The molecule has 1 heterocycles. The van der Waals surface area contributed by atoms with Crippen molar-refractivity contribution < 1.29 is 23.9 Å². The normalized spacial score (nSPS) is 14.8. The number of nitrogens with one attached hydrogen (secondary N) is 2. The van der Waals surface area contributed by atoms with Crippen molar-refractivity contribution in [3.8, 4) is 5.75 Å². The summed E-state index contributed by atoms with van der Waals surface area (Å²) in [6, 6.07) is 27.9. The number of amides is 4. The molecule has 0 saturated carbocycles. The highest BCUT2D eigenvalue weighted by molar-refractivity contribution is 8.00. The van der Waals surface area contributed by atoms with Crippen LogP contribution in [-0.4, -0.2) is 36.0 Å². The van der Waals surface area contributed by atoms with Crippen molar-refractivity contribution in [2.45, 2.75) is 23.5 Å². The Morgan fingerprint density at radius 1 is 0.955 bits per heavy atom. The molecule has 1 atom stereocenters. The van der Waals surface area contributed by atoms with E-state index in [-0.39, 0.29) is 23.9 Å². The number of nitrogens with zero attached hydrogens (tertiary/aromatic N) is 1. The Morgan fingerprint density at radius 2 is 1.70 bits per heavy atom. The molecule has 5 rings (SSSR count). The number of hydrogen-bond acceptors (Lipinski definition) is 6. The lowest BCUT2D eigenvalue weighted by atomic mass is 10.1. The fraction of sp³-hybridized carbons (Fsp3) is 0.118. The molecule has 44 heavy (non-hydrogen) atoms. The largest absolute Gasteiger partial charge is 0.495 e. The lowest BCUT2D eigenvalue weighted by Crippen LogP contribution is -2.31. The molecule has 8 nitrogen and oxygen atoms in total. The number of ether oxygens (including phenoxy) is 1. The maximum atomic E-state index is 13.5. The molecule has 10 heteroatoms. The summed E-state index contributed by atoms with van der Waals surface area (Å²) >= 11 is 7.45. The molecular formula is C34H28ClN3O5S. The molecule has 4 aromatic rings. The number of hydrogen-bond donors (Lipinski definition) is 2. The van der Waals surface area contributed by atoms with Crippen molar-refractivity contribution in [3.05, 3.63) is 124 Å². The fourth-order valence-electron chi connectivity index (χ4n) is 4.62. The molecule has 0 spiro atoms. The van der Waals surface area contributed by atoms with Gasteiger partial charge >= 0.3 is 0 Å². The van der Waals surface area contributed by atoms with Crippen LogP contribution in [0.3, 0.4) is 0 Å². The van der Waals surface area contributed by atoms with Crippen molar-refractivity contribution in [1.29, 1.82) is 0 Å². The summed E-state index contributed by atoms with van der Waals surface area (Å²) in [6.45, 7) is 1.92. The highest BCUT2D eigenvalue weighted by Gasteiger charge is 2.40. The van der Waals surface area contributed by atoms with E-state index in [1.54, 1.807) is 72.8 Å². The monoisotopic (exact) mass is 625 g/mol. The lowest BCUT2D eigenvalue weighted by molar-refractivity contribution is -0.121. The lowest BCUT2D eigenvalue weighted by Gasteiger charge is -2.16. The number of anilines is 2. The zero-order chi connectivity index (χ0) is 31.2. The average molecular weight is 626 g/mol. The molecule has 0 aliphatic carbocycles. The topological polar surface area (TPSA) is 105 Å². The van der Waals surface area contributed by atoms with Crippen molar-refractivity contribution in [2.75, 3.05) is 17.3 Å². The van der Waals surface area contributed by atoms with E-state index in [9.17, 15) is 19.2 Å². The standard InChI is InChI=1S/C34H28ClN3O5S/c1-21-9-6-7-12-23(21)17-28(37-32(40)22-10-4-3-5-11-22)33(41)36-24-13-8-14-26(18-24)44-30-20-31(39)38(34(30)42)25-15-16-29(43-2)27(35)19-25/h3-19,30H,20H2,1-2H3,(H,36,41)(H,37,40)/b28-17-/t30-/m1/s1. The molecule has 1 saturated heterocycles. The Kier molecular flexibility index (Phi) is 9.47. The number of carbonyl (C=O) groups excluding carboxylic acids is 4. The first-order chi connectivity index (χ1) is 21.2. The Balaban J connectivity index is 1.33. The van der Waals surface area contributed by atoms with Gasteiger partial charge in [-0.1, -0.05) is 60.1 Å². The molecule has 4 amide bonds. The molecular weight excluding hydrogens is 598 g/mol. The molecule has 0 aromatic heterocycles. The van der Waals surface area contributed by atoms with Crippen LogP contribution in [0.5, 0.6) is 5.75 Å². The van der Waals surface area contributed by atoms with Gasteiger partial charge in [-0.3, -0.25) is 19.2 Å². The van der Waals surface area contributed by atoms with Gasteiger partial charge in [0.05, 0.1) is 23.1 Å². The van der Waals surface area contributed by atoms with Gasteiger partial charge in [-0.05, 0) is 72.7 Å². The van der Waals surface area contributed by atoms with E-state index in [0.29, 0.717) is 32.6 Å². The van der Waals surface area contributed by atoms with E-state index in [2.05, 4.69) is 10.6 Å². The smallest absolute Gasteiger partial charge is 0.272 e. The second-order valence-electron chi connectivity index (χ2n) is 9.91. The second kappa shape index (κ2) is 13.6. The van der Waals surface area contributed by atoms with Crippen molar-refractivity contribution in [2.24, 2.45) is 0 Å². The van der Waals surface area contributed by atoms with Crippen LogP contribution in [0.25, 0.3) is 6.08 Å². The average Bonchev–Trinajstić information content (AvgIpc) is 3.30. The molecule has 2 N–H and O–H groups in total. The van der Waals surface area contributed by atoms with Gasteiger partial charge in [0.15, 0.2) is 0 Å². The number of benzene rings is 4. The minimum atomic E-state index is -0.656. The van der Waals surface area contributed by atoms with E-state index in [0.717, 1.165) is 16.0 Å². The maximum absolute atomic E-state index is 13.5. The summed E-state index contributed by atoms with van der Waals surface area (Å²) < 4.78 is 5.17. The van der Waals surface area contributed by atoms with Crippen LogP contribution in [-0.2, 0) is 14.4 Å². The molecule has 0 radical (unpaired) electrons. The number of thioether (sulfide) groups is 1. The highest BCUT2D eigenvalue weighted by atomic mass is 35.5. The zero-order valence-electron chi connectivity index (χ0n) is 23.9. The molecule has 0 unspecified atom stereocenters. The van der Waals surface area contributed by atoms with Gasteiger partial charge in [-0.15, -0.1) is 11.8 Å². The third-order valence-electron chi connectivity index (χ3n) is 6.89. The minimum Gasteiger partial charge on any atom is -0.495 e. The fourth-order valence-corrected chi connectivity index (χ4v) is 5.98. The van der Waals surface area contributed by atoms with Gasteiger partial charge in [0.1, 0.15) is 11.4 Å². The predicted molar refractivity (Wildman–Crippen MR) is 173 cm³/mol. The maximum Gasteiger partial charge on any atom is 0.272 e. The zero-order valence-corrected chi connectivity index (χ0v) is 25.4. The molecule has 1 aliphatic rings. The Morgan fingerprint density at radius 3 is 2.43 bits per heavy atom. The highest BCUT2D eigenvalue weighted by Crippen LogP contribution is 2.37. The van der Waals surface area contributed by atoms with E-state index in [1.165, 1.54) is 24.9 Å². The Labute approximate surface area is 264 Å². The van der Waals surface area contributed by atoms with Crippen molar-refractivity contribution in [3.63, 3.8) is 0 Å². The summed E-state index contributed by atoms with van der Waals surface area (Å²) in [4.78, 5) is 54.3. The SMILES string of the molecule is COc1ccc(N2C(=O)C[C@@H](Sc3cccc(NC(=O)/C(=C/c4ccccc4C)NC(=O)c4ccccc4)c3)C2=O)cc1Cl. The minimum absolute atomic E-state index is 0.0125. The number of carbonyl (C=O) groups is 4. The van der Waals surface area contributed by atoms with Crippen LogP contribution >= 0.6 is 23.4 Å². The van der Waals surface area contributed by atoms with E-state index >= 15 is 0 Å². The van der Waals surface area contributed by atoms with Crippen LogP contribution in [0.1, 0.15) is 27.9 Å². The summed E-state index contributed by atoms with van der Waals surface area (Å²) in [5, 5.41) is 5.23. The van der Waals surface area contributed by atoms with E-state index in [4.69, 9.17) is 16.3 Å². The summed E-state index contributed by atoms with van der Waals surface area (Å²) in [5.74, 6) is -1.19. The number of methoxy groups -OCH3 is 1. The van der Waals surface area contributed by atoms with Crippen LogP contribution in [0, 0.1) is 6.92 Å². The first-order valence-electron chi connectivity index (χ1n) is 13.7. The molecule has 0 bridgehead atoms. The number of halogens is 1. The third-order valence-corrected chi connectivity index (χ3v) is 8.36. The quantitative estimate of drug-likeness (QED) is 0.163. The Hall–Kier alpha value is -4.86. The van der Waals surface area contributed by atoms with E-state index in [1.807, 2.05) is 31.2 Å². The molecule has 222 valence electrons. The summed E-state index contributed by atoms with van der Waals surface area (Å²) in [7, 11) is 1.48. The van der Waals surface area contributed by atoms with Gasteiger partial charge in [-0.25, -0.2) is 4.90 Å². The number of aryl methyl sites for hydroxylation is 1. The van der Waals surface area contributed by atoms with Crippen LogP contribution in [0.4, 0.5) is 11.4 Å². The number of rotatable bonds is 9. The summed E-state index contributed by atoms with van der Waals surface area (Å²) in [6.07, 6.45) is 1.64. The van der Waals surface area contributed by atoms with Crippen molar-refractivity contribution in [1.82, 2.24) is 5.32 Å². The van der Waals surface area contributed by atoms with E-state index < -0.39 is 17.1 Å². The third kappa shape index (κ3) is 7.02. The van der Waals surface area contributed by atoms with Crippen LogP contribution in [0.2, 0.25) is 5.02 Å². The molecule has 4 aromatic carbocycles. The van der Waals surface area contributed by atoms with Crippen molar-refractivity contribution >= 4 is 64.4 Å². The van der Waals surface area contributed by atoms with Gasteiger partial charge in [0.2, 0.25) is 11.8 Å². The van der Waals surface area contributed by atoms with Gasteiger partial charge in [0, 0.05) is 22.6 Å².